The number of nitrogens with one attached hydrogen (secondary N) is 1. The highest BCUT2D eigenvalue weighted by Crippen LogP contribution is 2.35. The molecular formula is C21H28N2O5S. The van der Waals surface area contributed by atoms with Crippen molar-refractivity contribution in [3.05, 3.63) is 48.0 Å². The van der Waals surface area contributed by atoms with Crippen molar-refractivity contribution in [1.82, 2.24) is 5.32 Å². The SMILES string of the molecule is COc1ccc(OC)c(N(CC(=O)NCC(C)C)S(=O)(=O)c2ccc(C)cc2)c1. The van der Waals surface area contributed by atoms with Crippen molar-refractivity contribution in [3.8, 4) is 11.5 Å². The van der Waals surface area contributed by atoms with Crippen LogP contribution in [0.3, 0.4) is 0 Å². The monoisotopic (exact) mass is 420 g/mol. The van der Waals surface area contributed by atoms with E-state index in [9.17, 15) is 13.2 Å². The number of ether oxygens (including phenoxy) is 2. The molecule has 8 heteroatoms. The molecule has 0 saturated carbocycles. The molecule has 0 aromatic heterocycles. The van der Waals surface area contributed by atoms with Gasteiger partial charge in [-0.05, 0) is 37.1 Å². The summed E-state index contributed by atoms with van der Waals surface area (Å²) in [4.78, 5) is 12.6. The highest BCUT2D eigenvalue weighted by molar-refractivity contribution is 7.92. The number of anilines is 1. The van der Waals surface area contributed by atoms with Crippen LogP contribution in [0.15, 0.2) is 47.4 Å². The lowest BCUT2D eigenvalue weighted by atomic mass is 10.2. The van der Waals surface area contributed by atoms with Gasteiger partial charge in [-0.15, -0.1) is 0 Å². The van der Waals surface area contributed by atoms with Gasteiger partial charge in [0, 0.05) is 12.6 Å². The molecule has 0 aliphatic rings. The fourth-order valence-electron chi connectivity index (χ4n) is 2.63. The van der Waals surface area contributed by atoms with E-state index in [-0.39, 0.29) is 23.0 Å². The Morgan fingerprint density at radius 1 is 1.07 bits per heavy atom. The minimum absolute atomic E-state index is 0.0876. The molecule has 0 aliphatic carbocycles. The van der Waals surface area contributed by atoms with Gasteiger partial charge in [-0.3, -0.25) is 9.10 Å². The molecule has 7 nitrogen and oxygen atoms in total. The molecule has 0 heterocycles. The maximum absolute atomic E-state index is 13.4. The van der Waals surface area contributed by atoms with Crippen LogP contribution >= 0.6 is 0 Å². The molecule has 0 fully saturated rings. The molecule has 0 spiro atoms. The zero-order valence-corrected chi connectivity index (χ0v) is 18.2. The van der Waals surface area contributed by atoms with Gasteiger partial charge in [0.1, 0.15) is 18.0 Å². The number of carbonyl (C=O) groups is 1. The van der Waals surface area contributed by atoms with Crippen LogP contribution in [0.5, 0.6) is 11.5 Å². The number of methoxy groups -OCH3 is 2. The molecular weight excluding hydrogens is 392 g/mol. The topological polar surface area (TPSA) is 84.9 Å². The average Bonchev–Trinajstić information content (AvgIpc) is 2.70. The highest BCUT2D eigenvalue weighted by Gasteiger charge is 2.30. The maximum atomic E-state index is 13.4. The van der Waals surface area contributed by atoms with Gasteiger partial charge >= 0.3 is 0 Å². The summed E-state index contributed by atoms with van der Waals surface area (Å²) in [6, 6.07) is 11.3. The zero-order valence-electron chi connectivity index (χ0n) is 17.4. The summed E-state index contributed by atoms with van der Waals surface area (Å²) in [6.45, 7) is 5.87. The summed E-state index contributed by atoms with van der Waals surface area (Å²) in [6.07, 6.45) is 0. The van der Waals surface area contributed by atoms with Crippen molar-refractivity contribution in [2.75, 3.05) is 31.6 Å². The number of carbonyl (C=O) groups excluding carboxylic acids is 1. The Balaban J connectivity index is 2.54. The van der Waals surface area contributed by atoms with Gasteiger partial charge in [0.25, 0.3) is 10.0 Å². The third kappa shape index (κ3) is 5.63. The van der Waals surface area contributed by atoms with Crippen molar-refractivity contribution in [2.24, 2.45) is 5.92 Å². The largest absolute Gasteiger partial charge is 0.497 e. The number of sulfonamides is 1. The number of rotatable bonds is 9. The van der Waals surface area contributed by atoms with E-state index in [0.717, 1.165) is 9.87 Å². The molecule has 0 unspecified atom stereocenters. The lowest BCUT2D eigenvalue weighted by molar-refractivity contribution is -0.119. The molecule has 0 atom stereocenters. The third-order valence-corrected chi connectivity index (χ3v) is 6.03. The van der Waals surface area contributed by atoms with Crippen molar-refractivity contribution >= 4 is 21.6 Å². The number of hydrogen-bond acceptors (Lipinski definition) is 5. The Kier molecular flexibility index (Phi) is 7.50. The fourth-order valence-corrected chi connectivity index (χ4v) is 4.06. The molecule has 29 heavy (non-hydrogen) atoms. The zero-order chi connectivity index (χ0) is 21.6. The van der Waals surface area contributed by atoms with E-state index in [1.54, 1.807) is 30.3 Å². The van der Waals surface area contributed by atoms with E-state index < -0.39 is 15.9 Å². The summed E-state index contributed by atoms with van der Waals surface area (Å²) in [5.41, 5.74) is 1.16. The Bertz CT molecular complexity index is 940. The van der Waals surface area contributed by atoms with Crippen LogP contribution in [-0.4, -0.2) is 41.6 Å². The van der Waals surface area contributed by atoms with Gasteiger partial charge in [0.2, 0.25) is 5.91 Å². The molecule has 2 aromatic carbocycles. The number of aryl methyl sites for hydroxylation is 1. The van der Waals surface area contributed by atoms with Crippen LogP contribution in [0.4, 0.5) is 5.69 Å². The van der Waals surface area contributed by atoms with E-state index in [1.165, 1.54) is 26.4 Å². The van der Waals surface area contributed by atoms with Crippen LogP contribution < -0.4 is 19.1 Å². The van der Waals surface area contributed by atoms with E-state index in [0.29, 0.717) is 18.0 Å². The molecule has 1 N–H and O–H groups in total. The molecule has 2 aromatic rings. The molecule has 1 amide bonds. The Morgan fingerprint density at radius 2 is 1.72 bits per heavy atom. The van der Waals surface area contributed by atoms with E-state index in [2.05, 4.69) is 5.32 Å². The Labute approximate surface area is 172 Å². The second-order valence-corrected chi connectivity index (χ2v) is 8.92. The Hall–Kier alpha value is -2.74. The van der Waals surface area contributed by atoms with Crippen LogP contribution in [0, 0.1) is 12.8 Å². The first-order chi connectivity index (χ1) is 13.7. The summed E-state index contributed by atoms with van der Waals surface area (Å²) < 4.78 is 38.5. The van der Waals surface area contributed by atoms with Gasteiger partial charge in [-0.25, -0.2) is 8.42 Å². The second kappa shape index (κ2) is 9.65. The first-order valence-corrected chi connectivity index (χ1v) is 10.7. The summed E-state index contributed by atoms with van der Waals surface area (Å²) in [5.74, 6) is 0.609. The van der Waals surface area contributed by atoms with Crippen LogP contribution in [-0.2, 0) is 14.8 Å². The molecule has 0 radical (unpaired) electrons. The standard InChI is InChI=1S/C21H28N2O5S/c1-15(2)13-22-21(24)14-23(19-12-17(27-4)8-11-20(19)28-5)29(25,26)18-9-6-16(3)7-10-18/h6-12,15H,13-14H2,1-5H3,(H,22,24). The van der Waals surface area contributed by atoms with Gasteiger partial charge in [0.15, 0.2) is 0 Å². The number of hydrogen-bond donors (Lipinski definition) is 1. The average molecular weight is 421 g/mol. The summed E-state index contributed by atoms with van der Waals surface area (Å²) in [5, 5.41) is 2.76. The Morgan fingerprint density at radius 3 is 2.28 bits per heavy atom. The normalized spacial score (nSPS) is 11.2. The molecule has 158 valence electrons. The van der Waals surface area contributed by atoms with Gasteiger partial charge in [-0.2, -0.15) is 0 Å². The molecule has 2 rings (SSSR count). The fraction of sp³-hybridized carbons (Fsp3) is 0.381. The predicted molar refractivity (Wildman–Crippen MR) is 113 cm³/mol. The van der Waals surface area contributed by atoms with Crippen molar-refractivity contribution in [3.63, 3.8) is 0 Å². The van der Waals surface area contributed by atoms with Gasteiger partial charge in [0.05, 0.1) is 24.8 Å². The maximum Gasteiger partial charge on any atom is 0.264 e. The molecule has 0 saturated heterocycles. The van der Waals surface area contributed by atoms with Crippen molar-refractivity contribution < 1.29 is 22.7 Å². The first kappa shape index (κ1) is 22.5. The number of amides is 1. The molecule has 0 bridgehead atoms. The van der Waals surface area contributed by atoms with Crippen molar-refractivity contribution in [1.29, 1.82) is 0 Å². The predicted octanol–water partition coefficient (Wildman–Crippen LogP) is 2.98. The minimum atomic E-state index is -4.03. The van der Waals surface area contributed by atoms with Gasteiger partial charge < -0.3 is 14.8 Å². The van der Waals surface area contributed by atoms with E-state index >= 15 is 0 Å². The van der Waals surface area contributed by atoms with Crippen LogP contribution in [0.25, 0.3) is 0 Å². The second-order valence-electron chi connectivity index (χ2n) is 7.06. The van der Waals surface area contributed by atoms with E-state index in [4.69, 9.17) is 9.47 Å². The van der Waals surface area contributed by atoms with Crippen LogP contribution in [0.2, 0.25) is 0 Å². The van der Waals surface area contributed by atoms with Crippen molar-refractivity contribution in [2.45, 2.75) is 25.7 Å². The smallest absolute Gasteiger partial charge is 0.264 e. The highest BCUT2D eigenvalue weighted by atomic mass is 32.2. The summed E-state index contributed by atoms with van der Waals surface area (Å²) >= 11 is 0. The summed E-state index contributed by atoms with van der Waals surface area (Å²) in [7, 11) is -1.09. The first-order valence-electron chi connectivity index (χ1n) is 9.27. The van der Waals surface area contributed by atoms with Gasteiger partial charge in [-0.1, -0.05) is 31.5 Å². The van der Waals surface area contributed by atoms with Crippen LogP contribution in [0.1, 0.15) is 19.4 Å². The quantitative estimate of drug-likeness (QED) is 0.674. The minimum Gasteiger partial charge on any atom is -0.497 e. The lowest BCUT2D eigenvalue weighted by Gasteiger charge is -2.26. The number of benzene rings is 2. The number of nitrogens with zero attached hydrogens (tertiary/aromatic N) is 1. The third-order valence-electron chi connectivity index (χ3n) is 4.26. The van der Waals surface area contributed by atoms with E-state index in [1.807, 2.05) is 20.8 Å². The molecule has 0 aliphatic heterocycles. The lowest BCUT2D eigenvalue weighted by Crippen LogP contribution is -2.42.